The fourth-order valence-electron chi connectivity index (χ4n) is 18.3. The van der Waals surface area contributed by atoms with Crippen LogP contribution in [-0.4, -0.2) is 15.8 Å². The minimum absolute atomic E-state index is 0.0711. The number of hydrogen-bond acceptors (Lipinski definition) is 2. The number of para-hydroxylation sites is 2. The Hall–Kier alpha value is -12.4. The molecule has 5 heteroatoms. The van der Waals surface area contributed by atoms with Gasteiger partial charge in [-0.25, -0.2) is 0 Å². The zero-order valence-electron chi connectivity index (χ0n) is 69.0. The van der Waals surface area contributed by atoms with Crippen LogP contribution in [-0.2, 0) is 27.1 Å². The summed E-state index contributed by atoms with van der Waals surface area (Å²) in [6, 6.07) is 126. The van der Waals surface area contributed by atoms with Crippen molar-refractivity contribution < 1.29 is 0 Å². The molecule has 0 fully saturated rings. The third kappa shape index (κ3) is 12.5. The molecule has 562 valence electrons. The van der Waals surface area contributed by atoms with Gasteiger partial charge in [0.2, 0.25) is 0 Å². The molecule has 0 saturated heterocycles. The van der Waals surface area contributed by atoms with Crippen molar-refractivity contribution in [2.75, 3.05) is 9.80 Å². The molecule has 0 spiro atoms. The van der Waals surface area contributed by atoms with E-state index in [1.54, 1.807) is 0 Å². The van der Waals surface area contributed by atoms with Crippen LogP contribution in [0.5, 0.6) is 0 Å². The Morgan fingerprint density at radius 1 is 0.209 bits per heavy atom. The number of benzene rings is 15. The van der Waals surface area contributed by atoms with Crippen molar-refractivity contribution in [3.8, 4) is 78.1 Å². The summed E-state index contributed by atoms with van der Waals surface area (Å²) < 4.78 is 5.00. The van der Waals surface area contributed by atoms with E-state index in [0.717, 1.165) is 112 Å². The SMILES string of the molecule is CC(C)(C)c1ccc(-c2cc3c4c(c2)N(c2c(-c5ccccc5)cc(C(C)(C)C)cc2-c2ccccc2)c2cc(-n5c6ccc(C(C)(C)C)cc6c6cc(C(C)(C)C)ccc65)ccc2B4c2ccc(-c4ccc5c(c4)c4ccccc4n5-c4ccccc4)cc2N3c2c(-c3ccccc3)cc(C(C)(C)C)cc2-c2ccccc2)cc1. The number of fused-ring (bicyclic) bond motifs is 10. The standard InChI is InChI=1S/C110H99BN4/c1-106(2,3)78-49-45-70(46-50-78)77-61-101-103-102(62-77)115(105-88(73-37-25-18-26-38-73)67-82(110(13,14)15)68-89(105)74-39-27-19-28-40-74)100-69-84(113-97-57-51-79(107(4,5)6)63-91(97)92-64-80(108(7,8)9)52-58-98(92)113)53-55-94(100)111(103)93-54-47-76(75-48-56-96-90(59-75)85-43-31-32-44-95(85)112(96)83-41-29-20-30-42-83)60-99(93)114(101)104-86(71-33-21-16-22-34-71)65-81(109(10,11)12)66-87(104)72-35-23-17-24-36-72/h16-69H,1-15H3. The highest BCUT2D eigenvalue weighted by Gasteiger charge is 2.46. The highest BCUT2D eigenvalue weighted by Crippen LogP contribution is 2.56. The predicted octanol–water partition coefficient (Wildman–Crippen LogP) is 28.5. The molecule has 0 aliphatic carbocycles. The molecule has 17 aromatic rings. The zero-order valence-corrected chi connectivity index (χ0v) is 69.0. The van der Waals surface area contributed by atoms with E-state index >= 15 is 0 Å². The van der Waals surface area contributed by atoms with Gasteiger partial charge in [-0.05, 0) is 225 Å². The van der Waals surface area contributed by atoms with Gasteiger partial charge in [-0.2, -0.15) is 0 Å². The van der Waals surface area contributed by atoms with Gasteiger partial charge in [-0.3, -0.25) is 0 Å². The summed E-state index contributed by atoms with van der Waals surface area (Å²) in [5.74, 6) is 0. The second-order valence-electron chi connectivity index (χ2n) is 37.4. The lowest BCUT2D eigenvalue weighted by molar-refractivity contribution is 0.590. The Kier molecular flexibility index (Phi) is 17.2. The number of nitrogens with zero attached hydrogens (tertiary/aromatic N) is 4. The first-order chi connectivity index (χ1) is 55.2. The summed E-state index contributed by atoms with van der Waals surface area (Å²) >= 11 is 0. The van der Waals surface area contributed by atoms with Gasteiger partial charge in [0.15, 0.2) is 0 Å². The van der Waals surface area contributed by atoms with Crippen LogP contribution >= 0.6 is 0 Å². The molecule has 19 rings (SSSR count). The maximum Gasteiger partial charge on any atom is 0.252 e. The largest absolute Gasteiger partial charge is 0.310 e. The molecule has 2 aliphatic rings. The summed E-state index contributed by atoms with van der Waals surface area (Å²) in [4.78, 5) is 5.49. The first-order valence-corrected chi connectivity index (χ1v) is 41.2. The van der Waals surface area contributed by atoms with Gasteiger partial charge in [-0.15, -0.1) is 0 Å². The topological polar surface area (TPSA) is 16.3 Å². The van der Waals surface area contributed by atoms with Crippen LogP contribution in [0, 0.1) is 0 Å². The average molecular weight is 1490 g/mol. The van der Waals surface area contributed by atoms with E-state index in [1.807, 2.05) is 0 Å². The Morgan fingerprint density at radius 2 is 0.539 bits per heavy atom. The van der Waals surface area contributed by atoms with Crippen molar-refractivity contribution in [1.82, 2.24) is 9.13 Å². The lowest BCUT2D eigenvalue weighted by Gasteiger charge is -2.46. The fourth-order valence-corrected chi connectivity index (χ4v) is 18.3. The predicted molar refractivity (Wildman–Crippen MR) is 495 cm³/mol. The Bertz CT molecular complexity index is 6500. The molecular weight excluding hydrogens is 1390 g/mol. The minimum Gasteiger partial charge on any atom is -0.310 e. The van der Waals surface area contributed by atoms with E-state index in [9.17, 15) is 0 Å². The van der Waals surface area contributed by atoms with Crippen LogP contribution in [0.4, 0.5) is 34.1 Å². The van der Waals surface area contributed by atoms with Crippen molar-refractivity contribution in [2.45, 2.75) is 131 Å². The molecule has 4 nitrogen and oxygen atoms in total. The summed E-state index contributed by atoms with van der Waals surface area (Å²) in [7, 11) is 0. The monoisotopic (exact) mass is 1490 g/mol. The van der Waals surface area contributed by atoms with Gasteiger partial charge in [0.1, 0.15) is 0 Å². The second kappa shape index (κ2) is 27.1. The molecule has 0 atom stereocenters. The number of rotatable bonds is 10. The summed E-state index contributed by atoms with van der Waals surface area (Å²) in [5, 5.41) is 4.95. The molecule has 15 aromatic carbocycles. The molecule has 0 saturated carbocycles. The zero-order chi connectivity index (χ0) is 79.4. The molecule has 2 aromatic heterocycles. The van der Waals surface area contributed by atoms with Gasteiger partial charge in [-0.1, -0.05) is 322 Å². The number of hydrogen-bond donors (Lipinski definition) is 0. The quantitative estimate of drug-likeness (QED) is 0.127. The molecule has 0 amide bonds. The molecule has 4 heterocycles. The van der Waals surface area contributed by atoms with Crippen LogP contribution in [0.3, 0.4) is 0 Å². The Morgan fingerprint density at radius 3 is 0.983 bits per heavy atom. The van der Waals surface area contributed by atoms with Crippen molar-refractivity contribution in [1.29, 1.82) is 0 Å². The van der Waals surface area contributed by atoms with E-state index < -0.39 is 0 Å². The molecule has 0 bridgehead atoms. The van der Waals surface area contributed by atoms with Crippen molar-refractivity contribution >= 4 is 101 Å². The Labute approximate surface area is 679 Å². The lowest BCUT2D eigenvalue weighted by atomic mass is 9.33. The summed E-state index contributed by atoms with van der Waals surface area (Å²) in [6.45, 7) is 34.9. The van der Waals surface area contributed by atoms with Crippen LogP contribution in [0.2, 0.25) is 0 Å². The molecule has 0 unspecified atom stereocenters. The van der Waals surface area contributed by atoms with E-state index in [0.29, 0.717) is 0 Å². The van der Waals surface area contributed by atoms with Gasteiger partial charge in [0, 0.05) is 77.9 Å². The molecule has 2 aliphatic heterocycles. The highest BCUT2D eigenvalue weighted by molar-refractivity contribution is 7.00. The van der Waals surface area contributed by atoms with Crippen molar-refractivity contribution in [3.63, 3.8) is 0 Å². The molecule has 0 radical (unpaired) electrons. The third-order valence-corrected chi connectivity index (χ3v) is 24.7. The summed E-state index contributed by atoms with van der Waals surface area (Å²) in [6.07, 6.45) is 0. The highest BCUT2D eigenvalue weighted by atomic mass is 15.2. The number of aromatic nitrogens is 2. The molecular formula is C110H99BN4. The van der Waals surface area contributed by atoms with E-state index in [4.69, 9.17) is 0 Å². The van der Waals surface area contributed by atoms with Crippen molar-refractivity contribution in [2.24, 2.45) is 0 Å². The molecule has 115 heavy (non-hydrogen) atoms. The number of anilines is 6. The summed E-state index contributed by atoms with van der Waals surface area (Å²) in [5.41, 5.74) is 37.0. The first-order valence-electron chi connectivity index (χ1n) is 41.2. The average Bonchev–Trinajstić information content (AvgIpc) is 1.28. The smallest absolute Gasteiger partial charge is 0.252 e. The lowest BCUT2D eigenvalue weighted by Crippen LogP contribution is -2.61. The van der Waals surface area contributed by atoms with Gasteiger partial charge < -0.3 is 18.9 Å². The van der Waals surface area contributed by atoms with Gasteiger partial charge in [0.05, 0.1) is 33.4 Å². The van der Waals surface area contributed by atoms with Crippen molar-refractivity contribution in [3.05, 3.63) is 355 Å². The maximum absolute atomic E-state index is 2.75. The molecule has 0 N–H and O–H groups in total. The maximum atomic E-state index is 2.75. The first kappa shape index (κ1) is 72.8. The Balaban J connectivity index is 0.994. The fraction of sp³-hybridized carbons (Fsp3) is 0.182. The second-order valence-corrected chi connectivity index (χ2v) is 37.4. The minimum atomic E-state index is -0.278. The van der Waals surface area contributed by atoms with Crippen LogP contribution in [0.15, 0.2) is 328 Å². The van der Waals surface area contributed by atoms with E-state index in [-0.39, 0.29) is 33.8 Å². The van der Waals surface area contributed by atoms with Crippen LogP contribution < -0.4 is 26.2 Å². The third-order valence-electron chi connectivity index (χ3n) is 24.7. The van der Waals surface area contributed by atoms with E-state index in [1.165, 1.54) is 87.8 Å². The van der Waals surface area contributed by atoms with Crippen LogP contribution in [0.1, 0.15) is 132 Å². The normalized spacial score (nSPS) is 13.1. The van der Waals surface area contributed by atoms with Crippen LogP contribution in [0.25, 0.3) is 122 Å². The van der Waals surface area contributed by atoms with Gasteiger partial charge >= 0.3 is 0 Å². The van der Waals surface area contributed by atoms with Gasteiger partial charge in [0.25, 0.3) is 6.71 Å². The van der Waals surface area contributed by atoms with E-state index in [2.05, 4.69) is 450 Å².